The average Bonchev–Trinajstić information content (AvgIpc) is 2.18. The van der Waals surface area contributed by atoms with Gasteiger partial charge in [-0.3, -0.25) is 5.41 Å². The molecular formula is C11H22N2O. The van der Waals surface area contributed by atoms with Gasteiger partial charge in [-0.2, -0.15) is 0 Å². The van der Waals surface area contributed by atoms with Gasteiger partial charge in [0.25, 0.3) is 0 Å². The third kappa shape index (κ3) is 3.29. The van der Waals surface area contributed by atoms with Gasteiger partial charge >= 0.3 is 0 Å². The van der Waals surface area contributed by atoms with E-state index in [9.17, 15) is 0 Å². The minimum Gasteiger partial charge on any atom is -0.381 e. The molecule has 1 saturated heterocycles. The van der Waals surface area contributed by atoms with Crippen LogP contribution in [0.2, 0.25) is 0 Å². The van der Waals surface area contributed by atoms with Gasteiger partial charge < -0.3 is 9.64 Å². The van der Waals surface area contributed by atoms with Crippen LogP contribution in [0.25, 0.3) is 0 Å². The molecule has 1 aliphatic rings. The molecule has 0 radical (unpaired) electrons. The monoisotopic (exact) mass is 198 g/mol. The summed E-state index contributed by atoms with van der Waals surface area (Å²) in [4.78, 5) is 2.06. The number of hydrogen-bond donors (Lipinski definition) is 1. The first kappa shape index (κ1) is 11.5. The normalized spacial score (nSPS) is 22.4. The first-order valence-electron chi connectivity index (χ1n) is 5.48. The molecule has 1 atom stereocenters. The van der Waals surface area contributed by atoms with Gasteiger partial charge in [0.15, 0.2) is 0 Å². The smallest absolute Gasteiger partial charge is 0.0981 e. The van der Waals surface area contributed by atoms with E-state index in [0.717, 1.165) is 25.6 Å². The average molecular weight is 198 g/mol. The van der Waals surface area contributed by atoms with E-state index in [1.54, 1.807) is 0 Å². The summed E-state index contributed by atoms with van der Waals surface area (Å²) in [7, 11) is 2.01. The molecule has 1 heterocycles. The van der Waals surface area contributed by atoms with Crippen LogP contribution < -0.4 is 0 Å². The van der Waals surface area contributed by atoms with E-state index in [-0.39, 0.29) is 0 Å². The second kappa shape index (κ2) is 5.35. The summed E-state index contributed by atoms with van der Waals surface area (Å²) in [5.41, 5.74) is 0. The van der Waals surface area contributed by atoms with Gasteiger partial charge in [0.1, 0.15) is 0 Å². The maximum atomic E-state index is 7.85. The van der Waals surface area contributed by atoms with Crippen molar-refractivity contribution in [3.63, 3.8) is 0 Å². The van der Waals surface area contributed by atoms with Gasteiger partial charge in [-0.1, -0.05) is 13.8 Å². The summed E-state index contributed by atoms with van der Waals surface area (Å²) in [5, 5.41) is 7.85. The fourth-order valence-electron chi connectivity index (χ4n) is 1.88. The van der Waals surface area contributed by atoms with Gasteiger partial charge in [-0.25, -0.2) is 0 Å². The Bertz CT molecular complexity index is 186. The largest absolute Gasteiger partial charge is 0.381 e. The van der Waals surface area contributed by atoms with Crippen molar-refractivity contribution < 1.29 is 4.74 Å². The van der Waals surface area contributed by atoms with Crippen LogP contribution in [0.4, 0.5) is 0 Å². The van der Waals surface area contributed by atoms with Crippen molar-refractivity contribution >= 4 is 5.84 Å². The molecule has 1 fully saturated rings. The Kier molecular flexibility index (Phi) is 4.39. The lowest BCUT2D eigenvalue weighted by atomic mass is 10.0. The molecular weight excluding hydrogens is 176 g/mol. The molecule has 0 aromatic heterocycles. The minimum absolute atomic E-state index is 0.324. The van der Waals surface area contributed by atoms with Crippen molar-refractivity contribution in [3.05, 3.63) is 0 Å². The Balaban J connectivity index is 2.31. The highest BCUT2D eigenvalue weighted by Crippen LogP contribution is 2.15. The number of rotatable bonds is 3. The van der Waals surface area contributed by atoms with Crippen LogP contribution in [0.3, 0.4) is 0 Å². The Morgan fingerprint density at radius 3 is 2.79 bits per heavy atom. The summed E-state index contributed by atoms with van der Waals surface area (Å²) in [6.45, 7) is 6.89. The third-order valence-electron chi connectivity index (χ3n) is 2.74. The SMILES string of the molecule is CC(C)C(=N)N(C)CC1CCCOC1. The molecule has 0 aliphatic carbocycles. The zero-order valence-corrected chi connectivity index (χ0v) is 9.55. The van der Waals surface area contributed by atoms with Gasteiger partial charge in [0.05, 0.1) is 12.4 Å². The number of hydrogen-bond acceptors (Lipinski definition) is 2. The van der Waals surface area contributed by atoms with Crippen LogP contribution in [0.5, 0.6) is 0 Å². The predicted octanol–water partition coefficient (Wildman–Crippen LogP) is 1.98. The van der Waals surface area contributed by atoms with Crippen LogP contribution in [0.15, 0.2) is 0 Å². The number of nitrogens with one attached hydrogen (secondary N) is 1. The molecule has 1 aliphatic heterocycles. The molecule has 1 unspecified atom stereocenters. The molecule has 0 aromatic carbocycles. The second-order valence-corrected chi connectivity index (χ2v) is 4.50. The van der Waals surface area contributed by atoms with Gasteiger partial charge in [0.2, 0.25) is 0 Å². The zero-order chi connectivity index (χ0) is 10.6. The molecule has 3 heteroatoms. The van der Waals surface area contributed by atoms with Crippen molar-refractivity contribution in [2.75, 3.05) is 26.8 Å². The Morgan fingerprint density at radius 1 is 1.57 bits per heavy atom. The van der Waals surface area contributed by atoms with Crippen LogP contribution in [0.1, 0.15) is 26.7 Å². The summed E-state index contributed by atoms with van der Waals surface area (Å²) >= 11 is 0. The summed E-state index contributed by atoms with van der Waals surface area (Å²) in [5.74, 6) is 1.67. The molecule has 0 amide bonds. The van der Waals surface area contributed by atoms with Crippen molar-refractivity contribution in [1.29, 1.82) is 5.41 Å². The first-order valence-corrected chi connectivity index (χ1v) is 5.48. The third-order valence-corrected chi connectivity index (χ3v) is 2.74. The van der Waals surface area contributed by atoms with E-state index >= 15 is 0 Å². The van der Waals surface area contributed by atoms with Crippen LogP contribution in [-0.2, 0) is 4.74 Å². The molecule has 14 heavy (non-hydrogen) atoms. The first-order chi connectivity index (χ1) is 6.61. The molecule has 3 nitrogen and oxygen atoms in total. The quantitative estimate of drug-likeness (QED) is 0.556. The van der Waals surface area contributed by atoms with Crippen molar-refractivity contribution in [3.8, 4) is 0 Å². The lowest BCUT2D eigenvalue weighted by molar-refractivity contribution is 0.0481. The maximum absolute atomic E-state index is 7.85. The number of amidine groups is 1. The summed E-state index contributed by atoms with van der Waals surface area (Å²) < 4.78 is 5.43. The van der Waals surface area contributed by atoms with E-state index in [4.69, 9.17) is 10.1 Å². The highest BCUT2D eigenvalue weighted by Gasteiger charge is 2.18. The van der Waals surface area contributed by atoms with Crippen LogP contribution in [0, 0.1) is 17.2 Å². The topological polar surface area (TPSA) is 36.3 Å². The maximum Gasteiger partial charge on any atom is 0.0981 e. The van der Waals surface area contributed by atoms with Gasteiger partial charge in [-0.15, -0.1) is 0 Å². The second-order valence-electron chi connectivity index (χ2n) is 4.50. The molecule has 0 saturated carbocycles. The lowest BCUT2D eigenvalue weighted by Gasteiger charge is -2.29. The Labute approximate surface area is 86.9 Å². The fourth-order valence-corrected chi connectivity index (χ4v) is 1.88. The van der Waals surface area contributed by atoms with Crippen LogP contribution >= 0.6 is 0 Å². The van der Waals surface area contributed by atoms with E-state index < -0.39 is 0 Å². The molecule has 0 bridgehead atoms. The van der Waals surface area contributed by atoms with Crippen LogP contribution in [-0.4, -0.2) is 37.5 Å². The van der Waals surface area contributed by atoms with Crippen molar-refractivity contribution in [1.82, 2.24) is 4.90 Å². The van der Waals surface area contributed by atoms with Gasteiger partial charge in [-0.05, 0) is 18.8 Å². The lowest BCUT2D eigenvalue weighted by Crippen LogP contribution is -2.36. The Morgan fingerprint density at radius 2 is 2.29 bits per heavy atom. The zero-order valence-electron chi connectivity index (χ0n) is 9.55. The van der Waals surface area contributed by atoms with Gasteiger partial charge in [0, 0.05) is 26.1 Å². The van der Waals surface area contributed by atoms with Crippen molar-refractivity contribution in [2.45, 2.75) is 26.7 Å². The molecule has 82 valence electrons. The van der Waals surface area contributed by atoms with E-state index in [1.807, 2.05) is 7.05 Å². The van der Waals surface area contributed by atoms with Crippen molar-refractivity contribution in [2.24, 2.45) is 11.8 Å². The summed E-state index contributed by atoms with van der Waals surface area (Å²) in [6.07, 6.45) is 2.42. The molecule has 0 spiro atoms. The van der Waals surface area contributed by atoms with E-state index in [1.165, 1.54) is 12.8 Å². The highest BCUT2D eigenvalue weighted by atomic mass is 16.5. The van der Waals surface area contributed by atoms with E-state index in [0.29, 0.717) is 11.8 Å². The van der Waals surface area contributed by atoms with E-state index in [2.05, 4.69) is 18.7 Å². The molecule has 0 aromatic rings. The predicted molar refractivity (Wildman–Crippen MR) is 58.7 cm³/mol. The number of ether oxygens (including phenoxy) is 1. The summed E-state index contributed by atoms with van der Waals surface area (Å²) in [6, 6.07) is 0. The number of nitrogens with zero attached hydrogens (tertiary/aromatic N) is 1. The Hall–Kier alpha value is -0.570. The fraction of sp³-hybridized carbons (Fsp3) is 0.909. The highest BCUT2D eigenvalue weighted by molar-refractivity contribution is 5.80. The minimum atomic E-state index is 0.324. The molecule has 1 N–H and O–H groups in total. The molecule has 1 rings (SSSR count). The standard InChI is InChI=1S/C11H22N2O/c1-9(2)11(12)13(3)7-10-5-4-6-14-8-10/h9-10,12H,4-8H2,1-3H3.